The van der Waals surface area contributed by atoms with Gasteiger partial charge in [-0.1, -0.05) is 23.4 Å². The number of nitrogens with zero attached hydrogens (tertiary/aromatic N) is 1. The first-order chi connectivity index (χ1) is 19.5. The highest BCUT2D eigenvalue weighted by molar-refractivity contribution is 6.24. The molecule has 210 valence electrons. The topological polar surface area (TPSA) is 213 Å². The van der Waals surface area contributed by atoms with Crippen molar-refractivity contribution in [2.45, 2.75) is 31.0 Å². The number of ketones is 2. The van der Waals surface area contributed by atoms with E-state index in [0.29, 0.717) is 22.4 Å². The summed E-state index contributed by atoms with van der Waals surface area (Å²) in [4.78, 5) is 51.1. The van der Waals surface area contributed by atoms with Gasteiger partial charge < -0.3 is 36.0 Å². The number of rotatable bonds is 4. The lowest BCUT2D eigenvalue weighted by molar-refractivity contribution is -0.174. The minimum Gasteiger partial charge on any atom is -0.507 e. The fourth-order valence-corrected chi connectivity index (χ4v) is 6.49. The number of fused-ring (bicyclic) bond motifs is 3. The lowest BCUT2D eigenvalue weighted by Gasteiger charge is -2.48. The molecule has 12 heteroatoms. The molecule has 7 N–H and O–H groups in total. The summed E-state index contributed by atoms with van der Waals surface area (Å²) in [6.45, 7) is 0. The van der Waals surface area contributed by atoms with Crippen molar-refractivity contribution in [3.63, 3.8) is 0 Å². The summed E-state index contributed by atoms with van der Waals surface area (Å²) in [7, 11) is 0. The first-order valence-electron chi connectivity index (χ1n) is 12.9. The van der Waals surface area contributed by atoms with Crippen LogP contribution in [-0.2, 0) is 20.8 Å². The van der Waals surface area contributed by atoms with Gasteiger partial charge in [-0.25, -0.2) is 0 Å². The predicted octanol–water partition coefficient (Wildman–Crippen LogP) is 1.50. The maximum absolute atomic E-state index is 13.7. The van der Waals surface area contributed by atoms with Gasteiger partial charge >= 0.3 is 0 Å². The molecule has 6 rings (SSSR count). The third-order valence-electron chi connectivity index (χ3n) is 8.36. The van der Waals surface area contributed by atoms with Crippen LogP contribution >= 0.6 is 0 Å². The highest BCUT2D eigenvalue weighted by atomic mass is 16.5. The molecule has 2 amide bonds. The highest BCUT2D eigenvalue weighted by Crippen LogP contribution is 2.52. The minimum absolute atomic E-state index is 0.0185. The van der Waals surface area contributed by atoms with E-state index in [9.17, 15) is 39.6 Å². The Hall–Kier alpha value is -4.81. The van der Waals surface area contributed by atoms with E-state index in [1.165, 1.54) is 18.3 Å². The molecule has 1 aromatic heterocycles. The number of aliphatic hydroxyl groups excluding tert-OH is 2. The maximum Gasteiger partial charge on any atom is 0.294 e. The summed E-state index contributed by atoms with van der Waals surface area (Å²) in [5, 5.41) is 50.2. The molecule has 2 saturated carbocycles. The zero-order chi connectivity index (χ0) is 29.2. The molecule has 3 aliphatic rings. The summed E-state index contributed by atoms with van der Waals surface area (Å²) < 4.78 is 4.89. The Morgan fingerprint density at radius 3 is 2.59 bits per heavy atom. The molecule has 0 bridgehead atoms. The van der Waals surface area contributed by atoms with Gasteiger partial charge in [0.25, 0.3) is 5.91 Å². The molecule has 1 heterocycles. The number of hydrogen-bond donors (Lipinski definition) is 6. The fraction of sp³-hybridized carbons (Fsp3) is 0.276. The van der Waals surface area contributed by atoms with Crippen molar-refractivity contribution in [3.05, 3.63) is 71.1 Å². The van der Waals surface area contributed by atoms with Crippen LogP contribution < -0.4 is 11.1 Å². The van der Waals surface area contributed by atoms with E-state index < -0.39 is 58.6 Å². The molecule has 3 aliphatic carbocycles. The number of nitrogens with two attached hydrogens (primary N) is 1. The number of phenolic OH excluding ortho intramolecular Hbond substituents is 1. The average molecular weight is 560 g/mol. The molecule has 2 unspecified atom stereocenters. The molecule has 2 fully saturated rings. The number of Topliss-reactive ketones (excluding diaryl/α,β-unsaturated/α-hetero) is 2. The monoisotopic (exact) mass is 559 g/mol. The first kappa shape index (κ1) is 26.4. The summed E-state index contributed by atoms with van der Waals surface area (Å²) >= 11 is 0. The molecular formula is C29H25N3O9. The number of nitrogens with one attached hydrogen (secondary N) is 1. The first-order valence-corrected chi connectivity index (χ1v) is 12.9. The predicted molar refractivity (Wildman–Crippen MR) is 141 cm³/mol. The van der Waals surface area contributed by atoms with E-state index in [1.54, 1.807) is 30.3 Å². The van der Waals surface area contributed by atoms with E-state index in [0.717, 1.165) is 0 Å². The van der Waals surface area contributed by atoms with E-state index in [4.69, 9.17) is 10.3 Å². The van der Waals surface area contributed by atoms with Crippen molar-refractivity contribution in [2.24, 2.45) is 23.5 Å². The maximum atomic E-state index is 13.7. The number of carbonyl (C=O) groups is 4. The lowest BCUT2D eigenvalue weighted by atomic mass is 9.56. The van der Waals surface area contributed by atoms with Gasteiger partial charge in [0.05, 0.1) is 17.9 Å². The van der Waals surface area contributed by atoms with Crippen LogP contribution in [0.5, 0.6) is 5.75 Å². The molecule has 0 aliphatic heterocycles. The molecule has 0 radical (unpaired) electrons. The Bertz CT molecular complexity index is 1660. The van der Waals surface area contributed by atoms with Crippen LogP contribution in [0.25, 0.3) is 16.9 Å². The van der Waals surface area contributed by atoms with Crippen molar-refractivity contribution >= 4 is 34.8 Å². The highest BCUT2D eigenvalue weighted by Gasteiger charge is 2.64. The number of carbonyl (C=O) groups excluding carboxylic acids is 4. The van der Waals surface area contributed by atoms with Gasteiger partial charge in [0.15, 0.2) is 11.4 Å². The summed E-state index contributed by atoms with van der Waals surface area (Å²) in [6, 6.07) is 11.3. The molecule has 2 aromatic carbocycles. The molecule has 12 nitrogen and oxygen atoms in total. The fourth-order valence-electron chi connectivity index (χ4n) is 6.49. The quantitative estimate of drug-likeness (QED) is 0.253. The van der Waals surface area contributed by atoms with Gasteiger partial charge in [-0.15, -0.1) is 0 Å². The number of phenols is 1. The van der Waals surface area contributed by atoms with Crippen LogP contribution in [0.1, 0.15) is 34.5 Å². The zero-order valence-corrected chi connectivity index (χ0v) is 21.4. The molecular weight excluding hydrogens is 534 g/mol. The second-order valence-corrected chi connectivity index (χ2v) is 10.6. The average Bonchev–Trinajstić information content (AvgIpc) is 3.46. The van der Waals surface area contributed by atoms with Crippen LogP contribution in [-0.4, -0.2) is 60.7 Å². The van der Waals surface area contributed by atoms with Crippen molar-refractivity contribution in [1.29, 1.82) is 0 Å². The number of anilines is 1. The number of aliphatic hydroxyl groups is 3. The van der Waals surface area contributed by atoms with Gasteiger partial charge in [0, 0.05) is 23.2 Å². The second kappa shape index (κ2) is 9.39. The van der Waals surface area contributed by atoms with E-state index >= 15 is 0 Å². The van der Waals surface area contributed by atoms with Crippen molar-refractivity contribution in [2.75, 3.05) is 5.32 Å². The molecule has 41 heavy (non-hydrogen) atoms. The standard InChI is InChI=1S/C29H25N3O9/c30-27(38)23-19(34)11-14-8-13-10-17-16(12-2-1-3-15(9-12)32-28(39)20-6-7-31-41-20)4-5-18(33)22(17)24(35)21(13)25(36)29(14,40)26(23)37/h1-7,9,13-14,19,23,33-35,40H,8,10-11H2,(H2,30,38)(H,32,39)/t13-,14+,19?,23?,29+/m1/s1. The van der Waals surface area contributed by atoms with Crippen molar-refractivity contribution in [3.8, 4) is 16.9 Å². The van der Waals surface area contributed by atoms with Crippen LogP contribution in [0.4, 0.5) is 5.69 Å². The van der Waals surface area contributed by atoms with Crippen LogP contribution in [0.15, 0.2) is 58.8 Å². The molecule has 3 aromatic rings. The van der Waals surface area contributed by atoms with Gasteiger partial charge in [-0.05, 0) is 60.1 Å². The van der Waals surface area contributed by atoms with Crippen molar-refractivity contribution < 1.29 is 44.1 Å². The lowest BCUT2D eigenvalue weighted by Crippen LogP contribution is -2.66. The molecule has 5 atom stereocenters. The second-order valence-electron chi connectivity index (χ2n) is 10.6. The van der Waals surface area contributed by atoms with E-state index in [1.807, 2.05) is 0 Å². The van der Waals surface area contributed by atoms with Crippen LogP contribution in [0, 0.1) is 17.8 Å². The van der Waals surface area contributed by atoms with Gasteiger partial charge in [-0.2, -0.15) is 0 Å². The third kappa shape index (κ3) is 3.94. The SMILES string of the molecule is NC(=O)C1C(=O)[C@@]2(O)C(=O)C3=C(O)c4c(O)ccc(-c5cccc(NC(=O)c6ccno6)c5)c4C[C@H]3C[C@H]2CC1O. The van der Waals surface area contributed by atoms with Gasteiger partial charge in [-0.3, -0.25) is 19.2 Å². The summed E-state index contributed by atoms with van der Waals surface area (Å²) in [6.07, 6.45) is -0.104. The van der Waals surface area contributed by atoms with Crippen LogP contribution in [0.3, 0.4) is 0 Å². The Balaban J connectivity index is 1.41. The van der Waals surface area contributed by atoms with Crippen LogP contribution in [0.2, 0.25) is 0 Å². The smallest absolute Gasteiger partial charge is 0.294 e. The Morgan fingerprint density at radius 2 is 1.88 bits per heavy atom. The Kier molecular flexibility index (Phi) is 6.05. The number of aromatic nitrogens is 1. The number of benzene rings is 2. The summed E-state index contributed by atoms with van der Waals surface area (Å²) in [5.74, 6) is -8.19. The van der Waals surface area contributed by atoms with E-state index in [-0.39, 0.29) is 41.9 Å². The number of aromatic hydroxyl groups is 1. The Morgan fingerprint density at radius 1 is 1.10 bits per heavy atom. The molecule has 0 saturated heterocycles. The minimum atomic E-state index is -2.64. The third-order valence-corrected chi connectivity index (χ3v) is 8.36. The Labute approximate surface area is 232 Å². The molecule has 0 spiro atoms. The number of amides is 2. The van der Waals surface area contributed by atoms with Gasteiger partial charge in [0.1, 0.15) is 17.4 Å². The number of hydrogen-bond acceptors (Lipinski definition) is 10. The van der Waals surface area contributed by atoms with E-state index in [2.05, 4.69) is 10.5 Å². The largest absolute Gasteiger partial charge is 0.507 e. The normalized spacial score (nSPS) is 27.1. The van der Waals surface area contributed by atoms with Crippen molar-refractivity contribution in [1.82, 2.24) is 5.16 Å². The zero-order valence-electron chi connectivity index (χ0n) is 21.4. The number of primary amides is 1. The summed E-state index contributed by atoms with van der Waals surface area (Å²) in [5.41, 5.74) is 4.62. The van der Waals surface area contributed by atoms with Gasteiger partial charge in [0.2, 0.25) is 17.5 Å².